The molecule has 1 aliphatic carbocycles. The van der Waals surface area contributed by atoms with Gasteiger partial charge in [-0.15, -0.1) is 0 Å². The van der Waals surface area contributed by atoms with Crippen LogP contribution in [0.15, 0.2) is 70.5 Å². The first kappa shape index (κ1) is 20.0. The lowest BCUT2D eigenvalue weighted by Crippen LogP contribution is -2.41. The van der Waals surface area contributed by atoms with Gasteiger partial charge in [0.2, 0.25) is 20.0 Å². The summed E-state index contributed by atoms with van der Waals surface area (Å²) in [5, 5.41) is 0. The lowest BCUT2D eigenvalue weighted by atomic mass is 9.86. The smallest absolute Gasteiger partial charge is 0.211 e. The summed E-state index contributed by atoms with van der Waals surface area (Å²) in [5.74, 6) is 0.0979. The Bertz CT molecular complexity index is 946. The fourth-order valence-electron chi connectivity index (χ4n) is 3.38. The van der Waals surface area contributed by atoms with E-state index in [-0.39, 0.29) is 21.8 Å². The van der Waals surface area contributed by atoms with E-state index in [1.54, 1.807) is 60.7 Å². The van der Waals surface area contributed by atoms with Crippen LogP contribution in [0.25, 0.3) is 0 Å². The van der Waals surface area contributed by atoms with Gasteiger partial charge < -0.3 is 0 Å². The molecule has 146 valence electrons. The molecule has 0 heterocycles. The van der Waals surface area contributed by atoms with Crippen LogP contribution in [0, 0.1) is 5.92 Å². The van der Waals surface area contributed by atoms with E-state index in [4.69, 9.17) is 0 Å². The predicted molar refractivity (Wildman–Crippen MR) is 104 cm³/mol. The van der Waals surface area contributed by atoms with Crippen molar-refractivity contribution in [1.29, 1.82) is 0 Å². The summed E-state index contributed by atoms with van der Waals surface area (Å²) in [5.41, 5.74) is 0. The van der Waals surface area contributed by atoms with E-state index in [2.05, 4.69) is 9.44 Å². The zero-order valence-electron chi connectivity index (χ0n) is 14.9. The van der Waals surface area contributed by atoms with E-state index in [1.165, 1.54) is 0 Å². The van der Waals surface area contributed by atoms with E-state index < -0.39 is 20.0 Å². The molecule has 0 saturated heterocycles. The first-order chi connectivity index (χ1) is 12.9. The molecule has 0 amide bonds. The van der Waals surface area contributed by atoms with E-state index in [0.29, 0.717) is 13.0 Å². The second-order valence-corrected chi connectivity index (χ2v) is 10.3. The summed E-state index contributed by atoms with van der Waals surface area (Å²) >= 11 is 0. The van der Waals surface area contributed by atoms with Gasteiger partial charge in [0, 0.05) is 12.6 Å². The second kappa shape index (κ2) is 8.52. The van der Waals surface area contributed by atoms with Crippen molar-refractivity contribution < 1.29 is 16.8 Å². The molecule has 0 bridgehead atoms. The first-order valence-corrected chi connectivity index (χ1v) is 12.0. The van der Waals surface area contributed by atoms with Gasteiger partial charge in [0.15, 0.2) is 0 Å². The van der Waals surface area contributed by atoms with Gasteiger partial charge >= 0.3 is 0 Å². The third kappa shape index (κ3) is 5.38. The topological polar surface area (TPSA) is 92.3 Å². The maximum atomic E-state index is 12.5. The molecule has 1 fully saturated rings. The van der Waals surface area contributed by atoms with Gasteiger partial charge in [0.25, 0.3) is 0 Å². The Morgan fingerprint density at radius 3 is 1.93 bits per heavy atom. The Morgan fingerprint density at radius 2 is 1.33 bits per heavy atom. The van der Waals surface area contributed by atoms with E-state index in [9.17, 15) is 16.8 Å². The average molecular weight is 409 g/mol. The molecule has 0 aromatic heterocycles. The standard InChI is InChI=1S/C19H24N2O4S2/c22-26(23,18-10-3-1-4-11-18)20-15-16-8-7-9-17(14-16)21-27(24,25)19-12-5-2-6-13-19/h1-6,10-13,16-17,20-21H,7-9,14-15H2/t16-,17+/m1/s1. The Hall–Kier alpha value is -1.74. The van der Waals surface area contributed by atoms with Crippen LogP contribution in [0.1, 0.15) is 25.7 Å². The van der Waals surface area contributed by atoms with Crippen molar-refractivity contribution in [2.45, 2.75) is 41.5 Å². The molecule has 2 N–H and O–H groups in total. The van der Waals surface area contributed by atoms with Crippen LogP contribution in [0.4, 0.5) is 0 Å². The van der Waals surface area contributed by atoms with Gasteiger partial charge in [-0.3, -0.25) is 0 Å². The quantitative estimate of drug-likeness (QED) is 0.736. The number of hydrogen-bond acceptors (Lipinski definition) is 4. The van der Waals surface area contributed by atoms with Gasteiger partial charge in [0.1, 0.15) is 0 Å². The van der Waals surface area contributed by atoms with E-state index >= 15 is 0 Å². The van der Waals surface area contributed by atoms with Crippen molar-refractivity contribution in [1.82, 2.24) is 9.44 Å². The van der Waals surface area contributed by atoms with Crippen LogP contribution in [-0.2, 0) is 20.0 Å². The minimum absolute atomic E-state index is 0.0979. The molecule has 1 aliphatic rings. The van der Waals surface area contributed by atoms with E-state index in [0.717, 1.165) is 19.3 Å². The molecular weight excluding hydrogens is 384 g/mol. The molecule has 0 aliphatic heterocycles. The van der Waals surface area contributed by atoms with Crippen molar-refractivity contribution in [3.8, 4) is 0 Å². The molecule has 0 unspecified atom stereocenters. The Morgan fingerprint density at radius 1 is 0.778 bits per heavy atom. The SMILES string of the molecule is O=S(=O)(NC[C@@H]1CCC[C@H](NS(=O)(=O)c2ccccc2)C1)c1ccccc1. The summed E-state index contributed by atoms with van der Waals surface area (Å²) in [6.45, 7) is 0.306. The third-order valence-electron chi connectivity index (χ3n) is 4.77. The maximum Gasteiger partial charge on any atom is 0.240 e. The Kier molecular flexibility index (Phi) is 6.31. The number of rotatable bonds is 7. The molecular formula is C19H24N2O4S2. The van der Waals surface area contributed by atoms with Crippen molar-refractivity contribution in [3.05, 3.63) is 60.7 Å². The highest BCUT2D eigenvalue weighted by atomic mass is 32.2. The molecule has 6 nitrogen and oxygen atoms in total. The number of sulfonamides is 2. The van der Waals surface area contributed by atoms with Gasteiger partial charge in [-0.05, 0) is 49.4 Å². The second-order valence-electron chi connectivity index (χ2n) is 6.83. The number of nitrogens with one attached hydrogen (secondary N) is 2. The van der Waals surface area contributed by atoms with Crippen LogP contribution < -0.4 is 9.44 Å². The minimum atomic E-state index is -3.56. The van der Waals surface area contributed by atoms with Crippen LogP contribution in [0.3, 0.4) is 0 Å². The Labute approximate surface area is 161 Å². The van der Waals surface area contributed by atoms with Crippen molar-refractivity contribution in [2.24, 2.45) is 5.92 Å². The monoisotopic (exact) mass is 408 g/mol. The average Bonchev–Trinajstić information content (AvgIpc) is 2.68. The molecule has 27 heavy (non-hydrogen) atoms. The lowest BCUT2D eigenvalue weighted by Gasteiger charge is -2.29. The van der Waals surface area contributed by atoms with Gasteiger partial charge in [-0.25, -0.2) is 26.3 Å². The fourth-order valence-corrected chi connectivity index (χ4v) is 5.82. The van der Waals surface area contributed by atoms with Gasteiger partial charge in [-0.2, -0.15) is 0 Å². The highest BCUT2D eigenvalue weighted by molar-refractivity contribution is 7.89. The zero-order valence-corrected chi connectivity index (χ0v) is 16.5. The van der Waals surface area contributed by atoms with Crippen LogP contribution >= 0.6 is 0 Å². The maximum absolute atomic E-state index is 12.5. The van der Waals surface area contributed by atoms with Crippen LogP contribution in [0.2, 0.25) is 0 Å². The largest absolute Gasteiger partial charge is 0.240 e. The van der Waals surface area contributed by atoms with Crippen molar-refractivity contribution >= 4 is 20.0 Å². The normalized spacial score (nSPS) is 21.0. The molecule has 2 aromatic carbocycles. The summed E-state index contributed by atoms with van der Waals surface area (Å²) < 4.78 is 55.1. The summed E-state index contributed by atoms with van der Waals surface area (Å²) in [6, 6.07) is 16.3. The molecule has 3 rings (SSSR count). The lowest BCUT2D eigenvalue weighted by molar-refractivity contribution is 0.307. The predicted octanol–water partition coefficient (Wildman–Crippen LogP) is 2.50. The minimum Gasteiger partial charge on any atom is -0.211 e. The third-order valence-corrected chi connectivity index (χ3v) is 7.75. The van der Waals surface area contributed by atoms with Crippen LogP contribution in [-0.4, -0.2) is 29.4 Å². The molecule has 2 aromatic rings. The molecule has 8 heteroatoms. The zero-order chi connectivity index (χ0) is 19.3. The number of hydrogen-bond donors (Lipinski definition) is 2. The summed E-state index contributed by atoms with van der Waals surface area (Å²) in [4.78, 5) is 0.485. The summed E-state index contributed by atoms with van der Waals surface area (Å²) in [6.07, 6.45) is 3.11. The number of benzene rings is 2. The van der Waals surface area contributed by atoms with Crippen molar-refractivity contribution in [2.75, 3.05) is 6.54 Å². The molecule has 0 radical (unpaired) electrons. The fraction of sp³-hybridized carbons (Fsp3) is 0.368. The van der Waals surface area contributed by atoms with Crippen LogP contribution in [0.5, 0.6) is 0 Å². The molecule has 1 saturated carbocycles. The molecule has 0 spiro atoms. The van der Waals surface area contributed by atoms with Gasteiger partial charge in [0.05, 0.1) is 9.79 Å². The summed E-state index contributed by atoms with van der Waals surface area (Å²) in [7, 11) is -7.10. The van der Waals surface area contributed by atoms with Crippen molar-refractivity contribution in [3.63, 3.8) is 0 Å². The highest BCUT2D eigenvalue weighted by Gasteiger charge is 2.27. The highest BCUT2D eigenvalue weighted by Crippen LogP contribution is 2.25. The van der Waals surface area contributed by atoms with Gasteiger partial charge in [-0.1, -0.05) is 42.8 Å². The Balaban J connectivity index is 1.58. The first-order valence-electron chi connectivity index (χ1n) is 8.99. The van der Waals surface area contributed by atoms with E-state index in [1.807, 2.05) is 0 Å². The molecule has 2 atom stereocenters.